The van der Waals surface area contributed by atoms with E-state index in [4.69, 9.17) is 24.3 Å². The number of carbonyl (C=O) groups excluding carboxylic acids is 2. The summed E-state index contributed by atoms with van der Waals surface area (Å²) in [4.78, 5) is 32.9. The van der Waals surface area contributed by atoms with Crippen LogP contribution < -0.4 is 15.8 Å². The van der Waals surface area contributed by atoms with E-state index in [0.717, 1.165) is 11.6 Å². The first-order chi connectivity index (χ1) is 20.2. The highest BCUT2D eigenvalue weighted by Gasteiger charge is 2.23. The summed E-state index contributed by atoms with van der Waals surface area (Å²) < 4.78 is 36.7. The molecule has 42 heavy (non-hydrogen) atoms. The van der Waals surface area contributed by atoms with Gasteiger partial charge in [0.2, 0.25) is 17.5 Å². The van der Waals surface area contributed by atoms with Crippen LogP contribution in [0.1, 0.15) is 62.4 Å². The zero-order valence-electron chi connectivity index (χ0n) is 23.8. The largest absolute Gasteiger partial charge is 0.481 e. The highest BCUT2D eigenvalue weighted by Crippen LogP contribution is 2.28. The zero-order chi connectivity index (χ0) is 30.2. The van der Waals surface area contributed by atoms with Crippen LogP contribution in [0.2, 0.25) is 0 Å². The minimum Gasteiger partial charge on any atom is -0.481 e. The van der Waals surface area contributed by atoms with Crippen LogP contribution in [0.5, 0.6) is 5.75 Å². The first-order valence-corrected chi connectivity index (χ1v) is 13.6. The predicted octanol–water partition coefficient (Wildman–Crippen LogP) is 4.27. The molecule has 0 bridgehead atoms. The van der Waals surface area contributed by atoms with Crippen molar-refractivity contribution in [1.82, 2.24) is 25.6 Å². The maximum absolute atomic E-state index is 15.0. The average Bonchev–Trinajstić information content (AvgIpc) is 3.68. The second-order valence-electron chi connectivity index (χ2n) is 9.77. The lowest BCUT2D eigenvalue weighted by Gasteiger charge is -2.22. The van der Waals surface area contributed by atoms with Gasteiger partial charge in [0, 0.05) is 17.5 Å². The van der Waals surface area contributed by atoms with E-state index in [9.17, 15) is 9.59 Å². The number of halogens is 1. The van der Waals surface area contributed by atoms with Gasteiger partial charge in [0.05, 0.1) is 18.2 Å². The normalized spacial score (nSPS) is 12.6. The van der Waals surface area contributed by atoms with Crippen LogP contribution >= 0.6 is 0 Å². The monoisotopic (exact) mass is 580 g/mol. The number of amides is 1. The molecule has 2 atom stereocenters. The predicted molar refractivity (Wildman–Crippen MR) is 149 cm³/mol. The highest BCUT2D eigenvalue weighted by molar-refractivity contribution is 5.95. The molecule has 4 rings (SSSR count). The van der Waals surface area contributed by atoms with Crippen LogP contribution in [0.4, 0.5) is 4.39 Å². The molecule has 0 aliphatic rings. The Morgan fingerprint density at radius 1 is 1.00 bits per heavy atom. The molecule has 0 aliphatic heterocycles. The number of esters is 1. The van der Waals surface area contributed by atoms with Gasteiger partial charge in [-0.25, -0.2) is 4.39 Å². The summed E-state index contributed by atoms with van der Waals surface area (Å²) in [5, 5.41) is 10.7. The minimum atomic E-state index is -0.770. The maximum Gasteiger partial charge on any atom is 0.319 e. The lowest BCUT2D eigenvalue weighted by Crippen LogP contribution is -2.43. The quantitative estimate of drug-likeness (QED) is 0.217. The van der Waals surface area contributed by atoms with Crippen LogP contribution in [0.25, 0.3) is 22.8 Å². The maximum atomic E-state index is 15.0. The molecule has 0 aliphatic carbocycles. The van der Waals surface area contributed by atoms with Crippen LogP contribution in [0.3, 0.4) is 0 Å². The fourth-order valence-corrected chi connectivity index (χ4v) is 3.88. The molecule has 0 spiro atoms. The summed E-state index contributed by atoms with van der Waals surface area (Å²) in [5.74, 6) is -0.0970. The Morgan fingerprint density at radius 2 is 1.69 bits per heavy atom. The standard InChI is InChI=1S/C29H33FN6O6/c1-5-23(40-19-10-7-17(8-11-19)26-33-24(6-2)41-35-26)29-34-27(36-42-29)18-9-12-20(21(30)13-18)28(38)32-22(16(3)4)15-39-25(37)14-31/h7-13,16,22-23H,5-6,14-15,31H2,1-4H3,(H,32,38)/t22-,23?/m0/s1. The minimum absolute atomic E-state index is 0.0752. The van der Waals surface area contributed by atoms with Crippen molar-refractivity contribution in [3.63, 3.8) is 0 Å². The SMILES string of the molecule is CCc1nc(-c2ccc(OC(CC)c3nc(-c4ccc(C(=O)N[C@@H](COC(=O)CN)C(C)C)c(F)c4)no3)cc2)no1. The van der Waals surface area contributed by atoms with Crippen molar-refractivity contribution in [3.8, 4) is 28.5 Å². The smallest absolute Gasteiger partial charge is 0.319 e. The molecule has 0 saturated carbocycles. The zero-order valence-corrected chi connectivity index (χ0v) is 23.8. The molecular weight excluding hydrogens is 547 g/mol. The lowest BCUT2D eigenvalue weighted by molar-refractivity contribution is -0.142. The van der Waals surface area contributed by atoms with Crippen molar-refractivity contribution in [2.75, 3.05) is 13.2 Å². The van der Waals surface area contributed by atoms with Gasteiger partial charge in [0.1, 0.15) is 18.2 Å². The number of nitrogens with zero attached hydrogens (tertiary/aromatic N) is 4. The Hall–Kier alpha value is -4.65. The molecule has 222 valence electrons. The molecule has 3 N–H and O–H groups in total. The number of hydrogen-bond donors (Lipinski definition) is 2. The van der Waals surface area contributed by atoms with Gasteiger partial charge in [-0.2, -0.15) is 9.97 Å². The third-order valence-electron chi connectivity index (χ3n) is 6.43. The Kier molecular flexibility index (Phi) is 9.97. The number of nitrogens with one attached hydrogen (secondary N) is 1. The van der Waals surface area contributed by atoms with Crippen molar-refractivity contribution < 1.29 is 32.5 Å². The lowest BCUT2D eigenvalue weighted by atomic mass is 10.0. The van der Waals surface area contributed by atoms with Gasteiger partial charge < -0.3 is 29.6 Å². The number of aryl methyl sites for hydroxylation is 1. The van der Waals surface area contributed by atoms with Gasteiger partial charge in [-0.1, -0.05) is 44.1 Å². The van der Waals surface area contributed by atoms with Gasteiger partial charge >= 0.3 is 5.97 Å². The number of carbonyl (C=O) groups is 2. The van der Waals surface area contributed by atoms with E-state index < -0.39 is 29.8 Å². The third kappa shape index (κ3) is 7.35. The molecule has 1 unspecified atom stereocenters. The Bertz CT molecular complexity index is 1500. The summed E-state index contributed by atoms with van der Waals surface area (Å²) >= 11 is 0. The van der Waals surface area contributed by atoms with Crippen LogP contribution in [0, 0.1) is 11.7 Å². The van der Waals surface area contributed by atoms with Crippen LogP contribution in [-0.2, 0) is 16.0 Å². The molecule has 2 aromatic heterocycles. The van der Waals surface area contributed by atoms with Crippen molar-refractivity contribution in [2.24, 2.45) is 11.7 Å². The van der Waals surface area contributed by atoms with Crippen LogP contribution in [0.15, 0.2) is 51.5 Å². The van der Waals surface area contributed by atoms with E-state index in [-0.39, 0.29) is 36.3 Å². The topological polar surface area (TPSA) is 168 Å². The molecule has 0 radical (unpaired) electrons. The molecule has 12 nitrogen and oxygen atoms in total. The molecule has 0 saturated heterocycles. The van der Waals surface area contributed by atoms with Gasteiger partial charge in [-0.3, -0.25) is 9.59 Å². The second kappa shape index (κ2) is 13.8. The van der Waals surface area contributed by atoms with Crippen molar-refractivity contribution in [1.29, 1.82) is 0 Å². The molecule has 0 fully saturated rings. The first-order valence-electron chi connectivity index (χ1n) is 13.6. The molecule has 2 heterocycles. The van der Waals surface area contributed by atoms with E-state index in [0.29, 0.717) is 35.9 Å². The number of rotatable bonds is 13. The summed E-state index contributed by atoms with van der Waals surface area (Å²) in [6, 6.07) is 10.7. The third-order valence-corrected chi connectivity index (χ3v) is 6.43. The van der Waals surface area contributed by atoms with Gasteiger partial charge in [-0.05, 0) is 48.7 Å². The van der Waals surface area contributed by atoms with E-state index >= 15 is 4.39 Å². The summed E-state index contributed by atoms with van der Waals surface area (Å²) in [7, 11) is 0. The van der Waals surface area contributed by atoms with Crippen molar-refractivity contribution in [2.45, 2.75) is 52.7 Å². The molecule has 13 heteroatoms. The van der Waals surface area contributed by atoms with E-state index in [1.807, 2.05) is 39.8 Å². The van der Waals surface area contributed by atoms with Gasteiger partial charge in [0.25, 0.3) is 11.8 Å². The van der Waals surface area contributed by atoms with Crippen molar-refractivity contribution in [3.05, 3.63) is 65.6 Å². The second-order valence-corrected chi connectivity index (χ2v) is 9.77. The van der Waals surface area contributed by atoms with Gasteiger partial charge in [-0.15, -0.1) is 0 Å². The number of nitrogens with two attached hydrogens (primary N) is 1. The van der Waals surface area contributed by atoms with Crippen LogP contribution in [-0.4, -0.2) is 51.4 Å². The highest BCUT2D eigenvalue weighted by atomic mass is 19.1. The van der Waals surface area contributed by atoms with E-state index in [1.165, 1.54) is 12.1 Å². The first kappa shape index (κ1) is 30.3. The van der Waals surface area contributed by atoms with E-state index in [1.54, 1.807) is 12.1 Å². The Balaban J connectivity index is 1.42. The molecular formula is C29H33FN6O6. The fraction of sp³-hybridized carbons (Fsp3) is 0.379. The fourth-order valence-electron chi connectivity index (χ4n) is 3.88. The number of aromatic nitrogens is 4. The average molecular weight is 581 g/mol. The summed E-state index contributed by atoms with van der Waals surface area (Å²) in [6.45, 7) is 7.18. The van der Waals surface area contributed by atoms with Crippen molar-refractivity contribution >= 4 is 11.9 Å². The Morgan fingerprint density at radius 3 is 2.31 bits per heavy atom. The molecule has 2 aromatic carbocycles. The summed E-state index contributed by atoms with van der Waals surface area (Å²) in [6.07, 6.45) is 0.628. The van der Waals surface area contributed by atoms with E-state index in [2.05, 4.69) is 25.6 Å². The number of hydrogen-bond acceptors (Lipinski definition) is 11. The van der Waals surface area contributed by atoms with Gasteiger partial charge in [0.15, 0.2) is 6.10 Å². The summed E-state index contributed by atoms with van der Waals surface area (Å²) in [5.41, 5.74) is 6.18. The Labute approximate surface area is 241 Å². The molecule has 4 aromatic rings. The number of ether oxygens (including phenoxy) is 2. The molecule has 1 amide bonds. The number of benzene rings is 2.